The van der Waals surface area contributed by atoms with Gasteiger partial charge in [0, 0.05) is 0 Å². The largest absolute Gasteiger partial charge is 0.329 e. The van der Waals surface area contributed by atoms with Crippen LogP contribution in [0, 0.1) is 0 Å². The zero-order valence-corrected chi connectivity index (χ0v) is 43.4. The molecule has 0 aromatic rings. The van der Waals surface area contributed by atoms with Crippen LogP contribution in [0.15, 0.2) is 0 Å². The van der Waals surface area contributed by atoms with Gasteiger partial charge in [0.25, 0.3) is 0 Å². The van der Waals surface area contributed by atoms with Crippen molar-refractivity contribution in [2.45, 2.75) is 307 Å². The third-order valence-electron chi connectivity index (χ3n) is 11.8. The van der Waals surface area contributed by atoms with Crippen LogP contribution in [0.3, 0.4) is 0 Å². The molecule has 0 aromatic heterocycles. The van der Waals surface area contributed by atoms with E-state index >= 15 is 0 Å². The molecule has 0 fully saturated rings. The summed E-state index contributed by atoms with van der Waals surface area (Å²) in [6.45, 7) is 14.2. The molecule has 0 saturated carbocycles. The molecule has 1 nitrogen and oxygen atoms in total. The fourth-order valence-electron chi connectivity index (χ4n) is 7.93. The number of hydrogen-bond donors (Lipinski definition) is 0. The SMILES string of the molecule is CCCCCCCCCCCCSC(C)(OC(C)(SCCCCCCCCCCCC)SCCCCCCCCCCCC)SCCCCCCCCCCCC. The van der Waals surface area contributed by atoms with Crippen LogP contribution in [0.5, 0.6) is 0 Å². The first-order valence-electron chi connectivity index (χ1n) is 26.2. The topological polar surface area (TPSA) is 9.23 Å². The van der Waals surface area contributed by atoms with Gasteiger partial charge in [0.15, 0.2) is 8.53 Å². The second-order valence-corrected chi connectivity index (χ2v) is 24.4. The van der Waals surface area contributed by atoms with Crippen LogP contribution in [0.4, 0.5) is 0 Å². The van der Waals surface area contributed by atoms with Crippen LogP contribution in [-0.2, 0) is 4.74 Å². The van der Waals surface area contributed by atoms with Gasteiger partial charge in [-0.15, -0.1) is 47.0 Å². The molecule has 0 aromatic carbocycles. The van der Waals surface area contributed by atoms with E-state index in [-0.39, 0.29) is 8.53 Å². The number of rotatable bonds is 50. The molecule has 0 aliphatic rings. The maximum Gasteiger partial charge on any atom is 0.160 e. The lowest BCUT2D eigenvalue weighted by Gasteiger charge is -2.39. The lowest BCUT2D eigenvalue weighted by Crippen LogP contribution is -2.33. The average Bonchev–Trinajstić information content (AvgIpc) is 3.20. The Balaban J connectivity index is 5.09. The number of unbranched alkanes of at least 4 members (excludes halogenated alkanes) is 36. The molecule has 0 atom stereocenters. The van der Waals surface area contributed by atoms with Crippen molar-refractivity contribution in [2.24, 2.45) is 0 Å². The fourth-order valence-corrected chi connectivity index (χ4v) is 13.6. The van der Waals surface area contributed by atoms with Crippen molar-refractivity contribution < 1.29 is 4.74 Å². The standard InChI is InChI=1S/C52H106OS4/c1-7-11-15-19-23-27-31-35-39-43-47-54-51(5,55-48-44-40-36-32-28-24-20-16-12-8-2)53-52(6,56-49-45-41-37-33-29-25-21-17-13-9-3)57-50-46-42-38-34-30-26-22-18-14-10-4/h7-50H2,1-6H3. The summed E-state index contributed by atoms with van der Waals surface area (Å²) < 4.78 is 7.12. The van der Waals surface area contributed by atoms with Gasteiger partial charge in [0.05, 0.1) is 0 Å². The van der Waals surface area contributed by atoms with Crippen LogP contribution in [0.25, 0.3) is 0 Å². The summed E-state index contributed by atoms with van der Waals surface area (Å²) in [6, 6.07) is 0. The van der Waals surface area contributed by atoms with Crippen LogP contribution >= 0.6 is 47.0 Å². The molecule has 0 heterocycles. The van der Waals surface area contributed by atoms with E-state index in [1.807, 2.05) is 0 Å². The van der Waals surface area contributed by atoms with Crippen molar-refractivity contribution in [2.75, 3.05) is 23.0 Å². The van der Waals surface area contributed by atoms with E-state index in [2.05, 4.69) is 88.6 Å². The van der Waals surface area contributed by atoms with Crippen LogP contribution < -0.4 is 0 Å². The molecule has 5 heteroatoms. The summed E-state index contributed by atoms with van der Waals surface area (Å²) in [7, 11) is 0. The van der Waals surface area contributed by atoms with Gasteiger partial charge < -0.3 is 4.74 Å². The molecule has 0 amide bonds. The van der Waals surface area contributed by atoms with Crippen LogP contribution in [0.2, 0.25) is 0 Å². The summed E-state index contributed by atoms with van der Waals surface area (Å²) in [4.78, 5) is 0. The molecule has 0 rings (SSSR count). The molecular weight excluding hydrogens is 769 g/mol. The molecule has 0 spiro atoms. The summed E-state index contributed by atoms with van der Waals surface area (Å²) >= 11 is 8.57. The van der Waals surface area contributed by atoms with Gasteiger partial charge in [-0.05, 0) is 62.5 Å². The Morgan fingerprint density at radius 2 is 0.368 bits per heavy atom. The highest BCUT2D eigenvalue weighted by Gasteiger charge is 2.37. The van der Waals surface area contributed by atoms with Crippen molar-refractivity contribution in [3.63, 3.8) is 0 Å². The third kappa shape index (κ3) is 43.8. The van der Waals surface area contributed by atoms with Crippen molar-refractivity contribution in [1.82, 2.24) is 0 Å². The van der Waals surface area contributed by atoms with Crippen molar-refractivity contribution in [1.29, 1.82) is 0 Å². The van der Waals surface area contributed by atoms with Gasteiger partial charge in [-0.2, -0.15) is 0 Å². The van der Waals surface area contributed by atoms with Gasteiger partial charge in [-0.1, -0.05) is 259 Å². The van der Waals surface area contributed by atoms with Crippen molar-refractivity contribution >= 4 is 47.0 Å². The summed E-state index contributed by atoms with van der Waals surface area (Å²) in [5.74, 6) is 4.95. The first-order chi connectivity index (χ1) is 27.9. The van der Waals surface area contributed by atoms with Crippen molar-refractivity contribution in [3.8, 4) is 0 Å². The molecular formula is C52H106OS4. The lowest BCUT2D eigenvalue weighted by atomic mass is 10.1. The monoisotopic (exact) mass is 875 g/mol. The number of thioether (sulfide) groups is 4. The molecule has 344 valence electrons. The first kappa shape index (κ1) is 58.4. The highest BCUT2D eigenvalue weighted by molar-refractivity contribution is 8.19. The second-order valence-electron chi connectivity index (χ2n) is 17.9. The summed E-state index contributed by atoms with van der Waals surface area (Å²) in [5.41, 5.74) is 0. The second kappa shape index (κ2) is 46.9. The Morgan fingerprint density at radius 3 is 0.526 bits per heavy atom. The number of hydrogen-bond acceptors (Lipinski definition) is 5. The minimum absolute atomic E-state index is 0.164. The molecule has 0 bridgehead atoms. The van der Waals surface area contributed by atoms with Gasteiger partial charge in [0.2, 0.25) is 0 Å². The maximum atomic E-state index is 7.44. The minimum Gasteiger partial charge on any atom is -0.329 e. The highest BCUT2D eigenvalue weighted by Crippen LogP contribution is 2.49. The molecule has 0 radical (unpaired) electrons. The predicted molar refractivity (Wildman–Crippen MR) is 275 cm³/mol. The maximum absolute atomic E-state index is 7.44. The summed E-state index contributed by atoms with van der Waals surface area (Å²) in [6.07, 6.45) is 56.5. The normalized spacial score (nSPS) is 12.3. The van der Waals surface area contributed by atoms with Crippen LogP contribution in [-0.4, -0.2) is 31.5 Å². The van der Waals surface area contributed by atoms with E-state index in [0.717, 1.165) is 0 Å². The zero-order chi connectivity index (χ0) is 41.6. The van der Waals surface area contributed by atoms with E-state index in [0.29, 0.717) is 0 Å². The Morgan fingerprint density at radius 1 is 0.228 bits per heavy atom. The van der Waals surface area contributed by atoms with Gasteiger partial charge in [0.1, 0.15) is 0 Å². The molecule has 0 saturated heterocycles. The van der Waals surface area contributed by atoms with Crippen molar-refractivity contribution in [3.05, 3.63) is 0 Å². The first-order valence-corrected chi connectivity index (χ1v) is 30.2. The predicted octanol–water partition coefficient (Wildman–Crippen LogP) is 21.0. The van der Waals surface area contributed by atoms with E-state index in [1.165, 1.54) is 280 Å². The van der Waals surface area contributed by atoms with Gasteiger partial charge >= 0.3 is 0 Å². The lowest BCUT2D eigenvalue weighted by molar-refractivity contribution is 0.0697. The molecule has 57 heavy (non-hydrogen) atoms. The third-order valence-corrected chi connectivity index (χ3v) is 17.6. The van der Waals surface area contributed by atoms with Crippen LogP contribution in [0.1, 0.15) is 298 Å². The van der Waals surface area contributed by atoms with E-state index < -0.39 is 0 Å². The molecule has 0 aliphatic carbocycles. The summed E-state index contributed by atoms with van der Waals surface area (Å²) in [5, 5.41) is 0. The smallest absolute Gasteiger partial charge is 0.160 e. The van der Waals surface area contributed by atoms with Gasteiger partial charge in [-0.25, -0.2) is 0 Å². The Labute approximate surface area is 379 Å². The van der Waals surface area contributed by atoms with E-state index in [9.17, 15) is 0 Å². The Hall–Kier alpha value is 1.36. The zero-order valence-electron chi connectivity index (χ0n) is 40.2. The number of ether oxygens (including phenoxy) is 1. The average molecular weight is 876 g/mol. The van der Waals surface area contributed by atoms with E-state index in [4.69, 9.17) is 4.74 Å². The van der Waals surface area contributed by atoms with Gasteiger partial charge in [-0.3, -0.25) is 0 Å². The fraction of sp³-hybridized carbons (Fsp3) is 1.00. The minimum atomic E-state index is -0.164. The van der Waals surface area contributed by atoms with E-state index in [1.54, 1.807) is 0 Å². The molecule has 0 aliphatic heterocycles. The Bertz CT molecular complexity index is 636. The highest BCUT2D eigenvalue weighted by atomic mass is 32.2. The quantitative estimate of drug-likeness (QED) is 0.0443. The Kier molecular flexibility index (Phi) is 48.0. The molecule has 0 unspecified atom stereocenters. The molecule has 0 N–H and O–H groups in total.